The number of benzene rings is 1. The third-order valence-corrected chi connectivity index (χ3v) is 8.38. The summed E-state index contributed by atoms with van der Waals surface area (Å²) in [5.41, 5.74) is 0.978. The maximum atomic E-state index is 13.5. The summed E-state index contributed by atoms with van der Waals surface area (Å²) in [6, 6.07) is 6.29. The molecule has 0 saturated carbocycles. The lowest BCUT2D eigenvalue weighted by molar-refractivity contribution is -0.274. The van der Waals surface area contributed by atoms with E-state index in [1.807, 2.05) is 0 Å². The van der Waals surface area contributed by atoms with Crippen LogP contribution in [0.5, 0.6) is 11.5 Å². The Balaban J connectivity index is 1.15. The van der Waals surface area contributed by atoms with Crippen molar-refractivity contribution in [3.05, 3.63) is 41.9 Å². The minimum absolute atomic E-state index is 0.0257. The quantitative estimate of drug-likeness (QED) is 0.401. The third kappa shape index (κ3) is 8.29. The molecular weight excluding hydrogens is 583 g/mol. The molecule has 1 amide bonds. The third-order valence-electron chi connectivity index (χ3n) is 8.38. The van der Waals surface area contributed by atoms with Crippen molar-refractivity contribution in [2.24, 2.45) is 0 Å². The van der Waals surface area contributed by atoms with Gasteiger partial charge in [-0.05, 0) is 56.2 Å². The van der Waals surface area contributed by atoms with Crippen LogP contribution in [0.2, 0.25) is 0 Å². The number of amides is 1. The first-order chi connectivity index (χ1) is 21.2. The first-order valence-corrected chi connectivity index (χ1v) is 15.0. The number of ether oxygens (including phenoxy) is 5. The number of hydrogen-bond acceptors (Lipinski definition) is 10. The number of carbonyl (C=O) groups excluding carboxylic acids is 1. The molecule has 0 bridgehead atoms. The smallest absolute Gasteiger partial charge is 0.491 e. The van der Waals surface area contributed by atoms with E-state index in [4.69, 9.17) is 18.9 Å². The second kappa shape index (κ2) is 14.7. The van der Waals surface area contributed by atoms with Gasteiger partial charge >= 0.3 is 6.36 Å². The van der Waals surface area contributed by atoms with E-state index >= 15 is 0 Å². The van der Waals surface area contributed by atoms with Crippen LogP contribution in [0.4, 0.5) is 19.0 Å². The van der Waals surface area contributed by atoms with E-state index in [0.717, 1.165) is 44.1 Å². The van der Waals surface area contributed by atoms with Crippen LogP contribution in [-0.2, 0) is 14.2 Å². The molecule has 1 unspecified atom stereocenters. The lowest BCUT2D eigenvalue weighted by atomic mass is 9.98. The number of alkyl halides is 3. The topological polar surface area (TPSA) is 116 Å². The highest BCUT2D eigenvalue weighted by molar-refractivity contribution is 5.96. The molecule has 14 heteroatoms. The van der Waals surface area contributed by atoms with Crippen LogP contribution in [0.1, 0.15) is 60.7 Å². The number of anilines is 1. The van der Waals surface area contributed by atoms with Crippen LogP contribution < -0.4 is 20.1 Å². The van der Waals surface area contributed by atoms with Crippen LogP contribution in [0, 0.1) is 0 Å². The summed E-state index contributed by atoms with van der Waals surface area (Å²) in [4.78, 5) is 23.9. The number of piperidine rings is 1. The van der Waals surface area contributed by atoms with Gasteiger partial charge in [-0.3, -0.25) is 4.79 Å². The van der Waals surface area contributed by atoms with Crippen molar-refractivity contribution in [2.45, 2.75) is 75.3 Å². The average Bonchev–Trinajstić information content (AvgIpc) is 3.03. The van der Waals surface area contributed by atoms with Gasteiger partial charge in [0.25, 0.3) is 5.91 Å². The van der Waals surface area contributed by atoms with Gasteiger partial charge in [-0.25, -0.2) is 9.97 Å². The zero-order valence-electron chi connectivity index (χ0n) is 25.0. The number of hydrogen-bond donors (Lipinski definition) is 2. The molecule has 3 fully saturated rings. The fourth-order valence-electron chi connectivity index (χ4n) is 6.07. The Kier molecular flexibility index (Phi) is 10.8. The molecule has 0 aliphatic carbocycles. The molecule has 11 nitrogen and oxygen atoms in total. The number of likely N-dealkylation sites (tertiary alicyclic amines) is 1. The summed E-state index contributed by atoms with van der Waals surface area (Å²) in [6.07, 6.45) is 1.14. The second-order valence-electron chi connectivity index (χ2n) is 11.3. The molecule has 2 N–H and O–H groups in total. The van der Waals surface area contributed by atoms with E-state index in [1.54, 1.807) is 24.1 Å². The maximum Gasteiger partial charge on any atom is 0.573 e. The lowest BCUT2D eigenvalue weighted by Gasteiger charge is -2.38. The molecule has 1 aromatic heterocycles. The number of aromatic nitrogens is 2. The van der Waals surface area contributed by atoms with Gasteiger partial charge in [-0.15, -0.1) is 13.2 Å². The van der Waals surface area contributed by atoms with E-state index in [9.17, 15) is 18.0 Å². The van der Waals surface area contributed by atoms with Crippen LogP contribution in [0.3, 0.4) is 0 Å². The SMILES string of the molecule is COc1c(NC[C@H]2CCC[C@@H](c3ccc(OC(F)(F)F)cc3)O2)ncnc1C(=O)N1CCC(N[C@H]2CCOCC2OC)CC1. The fourth-order valence-corrected chi connectivity index (χ4v) is 6.07. The molecule has 3 aliphatic heterocycles. The molecule has 1 aromatic carbocycles. The highest BCUT2D eigenvalue weighted by Gasteiger charge is 2.33. The van der Waals surface area contributed by atoms with Crippen molar-refractivity contribution in [1.82, 2.24) is 20.2 Å². The summed E-state index contributed by atoms with van der Waals surface area (Å²) < 4.78 is 64.4. The molecule has 3 aliphatic rings. The number of halogens is 3. The Bertz CT molecular complexity index is 1230. The Morgan fingerprint density at radius 3 is 2.55 bits per heavy atom. The summed E-state index contributed by atoms with van der Waals surface area (Å²) in [7, 11) is 3.19. The van der Waals surface area contributed by atoms with Gasteiger partial charge in [0, 0.05) is 45.4 Å². The summed E-state index contributed by atoms with van der Waals surface area (Å²) in [5, 5.41) is 6.95. The largest absolute Gasteiger partial charge is 0.573 e. The number of methoxy groups -OCH3 is 2. The van der Waals surface area contributed by atoms with Gasteiger partial charge < -0.3 is 39.2 Å². The minimum atomic E-state index is -4.74. The standard InChI is InChI=1S/C30H40F3N5O6/c1-40-25-17-42-15-12-23(25)37-20-10-13-38(14-11-20)29(39)26-27(41-2)28(36-18-35-26)34-16-22-4-3-5-24(43-22)19-6-8-21(9-7-19)44-30(31,32)33/h6-9,18,20,22-25,37H,3-5,10-17H2,1-2H3,(H,34,35,36)/t22-,23+,24+,25?/m1/s1. The van der Waals surface area contributed by atoms with Crippen molar-refractivity contribution < 1.29 is 41.7 Å². The van der Waals surface area contributed by atoms with Crippen molar-refractivity contribution in [3.63, 3.8) is 0 Å². The van der Waals surface area contributed by atoms with E-state index in [0.29, 0.717) is 38.7 Å². The zero-order chi connectivity index (χ0) is 31.1. The number of rotatable bonds is 10. The minimum Gasteiger partial charge on any atom is -0.491 e. The summed E-state index contributed by atoms with van der Waals surface area (Å²) >= 11 is 0. The Morgan fingerprint density at radius 1 is 1.07 bits per heavy atom. The monoisotopic (exact) mass is 623 g/mol. The average molecular weight is 624 g/mol. The lowest BCUT2D eigenvalue weighted by Crippen LogP contribution is -2.54. The predicted octanol–water partition coefficient (Wildman–Crippen LogP) is 4.10. The van der Waals surface area contributed by atoms with Gasteiger partial charge in [0.1, 0.15) is 12.1 Å². The van der Waals surface area contributed by atoms with E-state index in [2.05, 4.69) is 25.3 Å². The zero-order valence-corrected chi connectivity index (χ0v) is 25.0. The Morgan fingerprint density at radius 2 is 1.84 bits per heavy atom. The van der Waals surface area contributed by atoms with Crippen LogP contribution in [-0.4, -0.2) is 98.5 Å². The Labute approximate surface area is 254 Å². The molecule has 0 radical (unpaired) electrons. The first kappa shape index (κ1) is 32.2. The van der Waals surface area contributed by atoms with Crippen molar-refractivity contribution in [3.8, 4) is 11.5 Å². The van der Waals surface area contributed by atoms with E-state index < -0.39 is 6.36 Å². The van der Waals surface area contributed by atoms with Gasteiger partial charge in [-0.2, -0.15) is 0 Å². The number of nitrogens with one attached hydrogen (secondary N) is 2. The van der Waals surface area contributed by atoms with Crippen molar-refractivity contribution >= 4 is 11.7 Å². The summed E-state index contributed by atoms with van der Waals surface area (Å²) in [5.74, 6) is 0.189. The van der Waals surface area contributed by atoms with Gasteiger partial charge in [-0.1, -0.05) is 12.1 Å². The van der Waals surface area contributed by atoms with Crippen LogP contribution >= 0.6 is 0 Å². The van der Waals surface area contributed by atoms with E-state index in [-0.39, 0.29) is 53.5 Å². The highest BCUT2D eigenvalue weighted by atomic mass is 19.4. The highest BCUT2D eigenvalue weighted by Crippen LogP contribution is 2.34. The van der Waals surface area contributed by atoms with Gasteiger partial charge in [0.2, 0.25) is 0 Å². The molecular formula is C30H40F3N5O6. The predicted molar refractivity (Wildman–Crippen MR) is 154 cm³/mol. The van der Waals surface area contributed by atoms with Crippen LogP contribution in [0.25, 0.3) is 0 Å². The summed E-state index contributed by atoms with van der Waals surface area (Å²) in [6.45, 7) is 2.88. The Hall–Kier alpha value is -3.20. The normalized spacial score (nSPS) is 25.0. The number of carbonyl (C=O) groups is 1. The maximum absolute atomic E-state index is 13.5. The van der Waals surface area contributed by atoms with Crippen LogP contribution in [0.15, 0.2) is 30.6 Å². The van der Waals surface area contributed by atoms with E-state index in [1.165, 1.54) is 25.6 Å². The molecule has 0 spiro atoms. The number of nitrogens with zero attached hydrogens (tertiary/aromatic N) is 3. The molecule has 3 saturated heterocycles. The molecule has 5 rings (SSSR count). The second-order valence-corrected chi connectivity index (χ2v) is 11.3. The molecule has 4 heterocycles. The molecule has 242 valence electrons. The fraction of sp³-hybridized carbons (Fsp3) is 0.633. The molecule has 4 atom stereocenters. The van der Waals surface area contributed by atoms with Gasteiger partial charge in [0.05, 0.1) is 32.0 Å². The molecule has 2 aromatic rings. The van der Waals surface area contributed by atoms with Crippen molar-refractivity contribution in [1.29, 1.82) is 0 Å². The van der Waals surface area contributed by atoms with Crippen molar-refractivity contribution in [2.75, 3.05) is 52.4 Å². The molecule has 44 heavy (non-hydrogen) atoms. The van der Waals surface area contributed by atoms with Gasteiger partial charge in [0.15, 0.2) is 17.3 Å². The first-order valence-electron chi connectivity index (χ1n) is 15.0.